The van der Waals surface area contributed by atoms with Crippen LogP contribution in [0.2, 0.25) is 0 Å². The molecule has 2 rings (SSSR count). The van der Waals surface area contributed by atoms with Gasteiger partial charge in [0.05, 0.1) is 5.69 Å². The molecule has 1 N–H and O–H groups in total. The standard InChI is InChI=1S/C17H24N2O3/c1-4-13(3)18-16(20)6-5-9-19-14-8-7-12(2)10-15(14)22-11-17(19)21/h7-8,10,13H,4-6,9,11H2,1-3H3,(H,18,20). The van der Waals surface area contributed by atoms with Crippen LogP contribution in [-0.4, -0.2) is 31.0 Å². The van der Waals surface area contributed by atoms with Gasteiger partial charge in [-0.1, -0.05) is 13.0 Å². The summed E-state index contributed by atoms with van der Waals surface area (Å²) in [4.78, 5) is 25.5. The number of fused-ring (bicyclic) bond motifs is 1. The molecule has 1 aromatic carbocycles. The van der Waals surface area contributed by atoms with Crippen LogP contribution in [0.4, 0.5) is 5.69 Å². The molecule has 1 aliphatic heterocycles. The lowest BCUT2D eigenvalue weighted by molar-refractivity contribution is -0.123. The SMILES string of the molecule is CCC(C)NC(=O)CCCN1C(=O)COc2cc(C)ccc21. The lowest BCUT2D eigenvalue weighted by Crippen LogP contribution is -2.40. The minimum atomic E-state index is -0.0568. The molecule has 5 heteroatoms. The van der Waals surface area contributed by atoms with Crippen LogP contribution in [0.25, 0.3) is 0 Å². The van der Waals surface area contributed by atoms with E-state index in [0.717, 1.165) is 23.4 Å². The Labute approximate surface area is 131 Å². The van der Waals surface area contributed by atoms with E-state index in [-0.39, 0.29) is 24.5 Å². The number of ether oxygens (including phenoxy) is 1. The molecule has 1 atom stereocenters. The summed E-state index contributed by atoms with van der Waals surface area (Å²) in [7, 11) is 0. The second-order valence-corrected chi connectivity index (χ2v) is 5.79. The van der Waals surface area contributed by atoms with Gasteiger partial charge in [0.1, 0.15) is 5.75 Å². The fourth-order valence-electron chi connectivity index (χ4n) is 2.40. The molecule has 0 aliphatic carbocycles. The van der Waals surface area contributed by atoms with Crippen molar-refractivity contribution in [3.63, 3.8) is 0 Å². The molecular weight excluding hydrogens is 280 g/mol. The van der Waals surface area contributed by atoms with Crippen LogP contribution in [0.1, 0.15) is 38.7 Å². The molecule has 1 aliphatic rings. The molecule has 0 saturated carbocycles. The van der Waals surface area contributed by atoms with Crippen molar-refractivity contribution in [2.75, 3.05) is 18.1 Å². The zero-order valence-corrected chi connectivity index (χ0v) is 13.5. The van der Waals surface area contributed by atoms with Gasteiger partial charge in [0.15, 0.2) is 6.61 Å². The molecule has 5 nitrogen and oxygen atoms in total. The first-order chi connectivity index (χ1) is 10.5. The lowest BCUT2D eigenvalue weighted by atomic mass is 10.1. The minimum absolute atomic E-state index is 0.0409. The van der Waals surface area contributed by atoms with Crippen molar-refractivity contribution in [1.29, 1.82) is 0 Å². The van der Waals surface area contributed by atoms with Crippen molar-refractivity contribution < 1.29 is 14.3 Å². The van der Waals surface area contributed by atoms with Crippen molar-refractivity contribution in [3.8, 4) is 5.75 Å². The molecule has 1 aromatic rings. The van der Waals surface area contributed by atoms with Gasteiger partial charge >= 0.3 is 0 Å². The number of hydrogen-bond acceptors (Lipinski definition) is 3. The molecule has 120 valence electrons. The smallest absolute Gasteiger partial charge is 0.265 e. The summed E-state index contributed by atoms with van der Waals surface area (Å²) in [5.74, 6) is 0.724. The Morgan fingerprint density at radius 3 is 2.95 bits per heavy atom. The number of rotatable bonds is 6. The van der Waals surface area contributed by atoms with Gasteiger partial charge < -0.3 is 15.0 Å². The van der Waals surface area contributed by atoms with Crippen molar-refractivity contribution in [2.45, 2.75) is 46.1 Å². The number of carbonyl (C=O) groups is 2. The number of aryl methyl sites for hydroxylation is 1. The highest BCUT2D eigenvalue weighted by atomic mass is 16.5. The summed E-state index contributed by atoms with van der Waals surface area (Å²) in [5.41, 5.74) is 1.89. The topological polar surface area (TPSA) is 58.6 Å². The van der Waals surface area contributed by atoms with Gasteiger partial charge in [-0.15, -0.1) is 0 Å². The molecule has 0 saturated heterocycles. The molecule has 0 spiro atoms. The first-order valence-corrected chi connectivity index (χ1v) is 7.84. The molecule has 0 aromatic heterocycles. The first-order valence-electron chi connectivity index (χ1n) is 7.84. The number of nitrogens with one attached hydrogen (secondary N) is 1. The Kier molecular flexibility index (Phi) is 5.41. The monoisotopic (exact) mass is 304 g/mol. The van der Waals surface area contributed by atoms with Crippen LogP contribution in [-0.2, 0) is 9.59 Å². The van der Waals surface area contributed by atoms with E-state index in [4.69, 9.17) is 4.74 Å². The zero-order chi connectivity index (χ0) is 16.1. The summed E-state index contributed by atoms with van der Waals surface area (Å²) in [6.07, 6.45) is 1.98. The minimum Gasteiger partial charge on any atom is -0.482 e. The number of benzene rings is 1. The number of hydrogen-bond donors (Lipinski definition) is 1. The summed E-state index contributed by atoms with van der Waals surface area (Å²) in [6, 6.07) is 6.00. The summed E-state index contributed by atoms with van der Waals surface area (Å²) in [5, 5.41) is 2.94. The van der Waals surface area contributed by atoms with Crippen molar-refractivity contribution in [1.82, 2.24) is 5.32 Å². The first kappa shape index (κ1) is 16.3. The van der Waals surface area contributed by atoms with Crippen LogP contribution >= 0.6 is 0 Å². The summed E-state index contributed by atoms with van der Waals surface area (Å²) < 4.78 is 5.47. The third-order valence-electron chi connectivity index (χ3n) is 3.86. The van der Waals surface area contributed by atoms with E-state index in [1.54, 1.807) is 4.90 Å². The number of carbonyl (C=O) groups excluding carboxylic acids is 2. The Morgan fingerprint density at radius 2 is 2.23 bits per heavy atom. The summed E-state index contributed by atoms with van der Waals surface area (Å²) in [6.45, 7) is 6.61. The molecule has 2 amide bonds. The molecule has 22 heavy (non-hydrogen) atoms. The van der Waals surface area contributed by atoms with E-state index < -0.39 is 0 Å². The van der Waals surface area contributed by atoms with Crippen LogP contribution in [0.3, 0.4) is 0 Å². The highest BCUT2D eigenvalue weighted by Gasteiger charge is 2.25. The quantitative estimate of drug-likeness (QED) is 0.878. The third kappa shape index (κ3) is 4.00. The van der Waals surface area contributed by atoms with Crippen molar-refractivity contribution >= 4 is 17.5 Å². The van der Waals surface area contributed by atoms with E-state index in [1.165, 1.54) is 0 Å². The normalized spacial score (nSPS) is 15.0. The Balaban J connectivity index is 1.93. The average Bonchev–Trinajstić information content (AvgIpc) is 2.49. The number of nitrogens with zero attached hydrogens (tertiary/aromatic N) is 1. The molecule has 1 unspecified atom stereocenters. The predicted octanol–water partition coefficient (Wildman–Crippen LogP) is 2.42. The lowest BCUT2D eigenvalue weighted by Gasteiger charge is -2.29. The average molecular weight is 304 g/mol. The van der Waals surface area contributed by atoms with Crippen LogP contribution < -0.4 is 15.0 Å². The number of amides is 2. The van der Waals surface area contributed by atoms with Gasteiger partial charge in [-0.25, -0.2) is 0 Å². The van der Waals surface area contributed by atoms with Crippen molar-refractivity contribution in [2.24, 2.45) is 0 Å². The number of anilines is 1. The van der Waals surface area contributed by atoms with E-state index in [2.05, 4.69) is 5.32 Å². The van der Waals surface area contributed by atoms with Crippen LogP contribution in [0.15, 0.2) is 18.2 Å². The largest absolute Gasteiger partial charge is 0.482 e. The maximum atomic E-state index is 12.0. The van der Waals surface area contributed by atoms with Crippen LogP contribution in [0.5, 0.6) is 5.75 Å². The third-order valence-corrected chi connectivity index (χ3v) is 3.86. The second-order valence-electron chi connectivity index (χ2n) is 5.79. The Bertz CT molecular complexity index is 557. The Morgan fingerprint density at radius 1 is 1.45 bits per heavy atom. The molecule has 0 radical (unpaired) electrons. The summed E-state index contributed by atoms with van der Waals surface area (Å²) >= 11 is 0. The maximum absolute atomic E-state index is 12.0. The van der Waals surface area contributed by atoms with Gasteiger partial charge in [-0.3, -0.25) is 9.59 Å². The van der Waals surface area contributed by atoms with Gasteiger partial charge in [0.2, 0.25) is 5.91 Å². The highest BCUT2D eigenvalue weighted by molar-refractivity contribution is 5.97. The molecule has 0 fully saturated rings. The Hall–Kier alpha value is -2.04. The van der Waals surface area contributed by atoms with Gasteiger partial charge in [-0.05, 0) is 44.4 Å². The van der Waals surface area contributed by atoms with Crippen molar-refractivity contribution in [3.05, 3.63) is 23.8 Å². The molecular formula is C17H24N2O3. The molecule has 1 heterocycles. The van der Waals surface area contributed by atoms with Gasteiger partial charge in [0, 0.05) is 19.0 Å². The predicted molar refractivity (Wildman–Crippen MR) is 86.2 cm³/mol. The fraction of sp³-hybridized carbons (Fsp3) is 0.529. The highest BCUT2D eigenvalue weighted by Crippen LogP contribution is 2.32. The maximum Gasteiger partial charge on any atom is 0.265 e. The van der Waals surface area contributed by atoms with E-state index in [1.807, 2.05) is 39.0 Å². The van der Waals surface area contributed by atoms with Crippen LogP contribution in [0, 0.1) is 6.92 Å². The van der Waals surface area contributed by atoms with E-state index in [9.17, 15) is 9.59 Å². The van der Waals surface area contributed by atoms with Gasteiger partial charge in [-0.2, -0.15) is 0 Å². The van der Waals surface area contributed by atoms with Gasteiger partial charge in [0.25, 0.3) is 5.91 Å². The van der Waals surface area contributed by atoms with E-state index >= 15 is 0 Å². The second kappa shape index (κ2) is 7.29. The molecule has 0 bridgehead atoms. The fourth-order valence-corrected chi connectivity index (χ4v) is 2.40. The zero-order valence-electron chi connectivity index (χ0n) is 13.5. The van der Waals surface area contributed by atoms with E-state index in [0.29, 0.717) is 19.4 Å².